The Morgan fingerprint density at radius 1 is 1.13 bits per heavy atom. The number of nitrogens with zero attached hydrogens (tertiary/aromatic N) is 2. The van der Waals surface area contributed by atoms with Crippen molar-refractivity contribution in [2.75, 3.05) is 10.7 Å². The second kappa shape index (κ2) is 6.31. The monoisotopic (exact) mass is 307 g/mol. The molecule has 0 atom stereocenters. The molecule has 0 radical (unpaired) electrons. The zero-order valence-corrected chi connectivity index (χ0v) is 12.9. The van der Waals surface area contributed by atoms with Crippen LogP contribution in [0.4, 0.5) is 11.6 Å². The van der Waals surface area contributed by atoms with Crippen LogP contribution in [-0.2, 0) is 4.79 Å². The van der Waals surface area contributed by atoms with Gasteiger partial charge in [-0.15, -0.1) is 0 Å². The Morgan fingerprint density at radius 2 is 1.96 bits per heavy atom. The van der Waals surface area contributed by atoms with Crippen LogP contribution in [0.3, 0.4) is 0 Å². The molecule has 0 aliphatic heterocycles. The van der Waals surface area contributed by atoms with E-state index in [0.717, 1.165) is 28.0 Å². The van der Waals surface area contributed by atoms with E-state index in [-0.39, 0.29) is 5.91 Å². The highest BCUT2D eigenvalue weighted by Gasteiger charge is 2.03. The van der Waals surface area contributed by atoms with Crippen molar-refractivity contribution in [2.24, 2.45) is 5.10 Å². The molecule has 0 saturated carbocycles. The maximum Gasteiger partial charge on any atom is 0.222 e. The van der Waals surface area contributed by atoms with E-state index in [4.69, 9.17) is 0 Å². The Hall–Kier alpha value is -3.15. The summed E-state index contributed by atoms with van der Waals surface area (Å²) < 4.78 is 0. The van der Waals surface area contributed by atoms with Crippen LogP contribution in [0.15, 0.2) is 53.6 Å². The van der Waals surface area contributed by atoms with Crippen molar-refractivity contribution in [3.8, 4) is 0 Å². The maximum atomic E-state index is 11.1. The molecule has 1 aromatic heterocycles. The van der Waals surface area contributed by atoms with E-state index >= 15 is 0 Å². The summed E-state index contributed by atoms with van der Waals surface area (Å²) in [5.74, 6) is 0.487. The number of aromatic amines is 1. The molecule has 0 fully saturated rings. The third kappa shape index (κ3) is 3.55. The molecule has 0 aliphatic carbocycles. The van der Waals surface area contributed by atoms with Crippen LogP contribution in [0.25, 0.3) is 11.0 Å². The molecule has 0 aliphatic rings. The van der Waals surface area contributed by atoms with E-state index in [0.29, 0.717) is 5.95 Å². The molecule has 6 heteroatoms. The first kappa shape index (κ1) is 14.8. The first-order valence-electron chi connectivity index (χ1n) is 7.25. The smallest absolute Gasteiger partial charge is 0.222 e. The first-order chi connectivity index (χ1) is 11.1. The Morgan fingerprint density at radius 3 is 2.74 bits per heavy atom. The van der Waals surface area contributed by atoms with E-state index in [9.17, 15) is 4.79 Å². The second-order valence-electron chi connectivity index (χ2n) is 5.17. The van der Waals surface area contributed by atoms with Crippen LogP contribution in [0.1, 0.15) is 19.4 Å². The molecule has 3 aromatic rings. The molecule has 0 bridgehead atoms. The van der Waals surface area contributed by atoms with E-state index in [2.05, 4.69) is 25.8 Å². The quantitative estimate of drug-likeness (QED) is 0.510. The minimum atomic E-state index is -0.0999. The third-order valence-electron chi connectivity index (χ3n) is 3.32. The molecule has 23 heavy (non-hydrogen) atoms. The van der Waals surface area contributed by atoms with Gasteiger partial charge in [0.2, 0.25) is 11.9 Å². The number of benzene rings is 2. The lowest BCUT2D eigenvalue weighted by atomic mass is 10.1. The van der Waals surface area contributed by atoms with Gasteiger partial charge in [-0.2, -0.15) is 5.10 Å². The highest BCUT2D eigenvalue weighted by atomic mass is 16.1. The SMILES string of the molecule is CC(=O)Nc1cccc(/C(C)=N\Nc2nc3ccccc3[nH]2)c1. The zero-order chi connectivity index (χ0) is 16.2. The fourth-order valence-corrected chi connectivity index (χ4v) is 2.23. The van der Waals surface area contributed by atoms with Gasteiger partial charge in [0.25, 0.3) is 0 Å². The number of imidazole rings is 1. The standard InChI is InChI=1S/C17H17N5O/c1-11(13-6-5-7-14(10-13)18-12(2)23)21-22-17-19-15-8-3-4-9-16(15)20-17/h3-10H,1-2H3,(H,18,23)(H2,19,20,22)/b21-11-. The van der Waals surface area contributed by atoms with Gasteiger partial charge in [-0.1, -0.05) is 24.3 Å². The first-order valence-corrected chi connectivity index (χ1v) is 7.25. The molecular weight excluding hydrogens is 290 g/mol. The van der Waals surface area contributed by atoms with Gasteiger partial charge in [-0.05, 0) is 36.8 Å². The Kier molecular flexibility index (Phi) is 4.05. The third-order valence-corrected chi connectivity index (χ3v) is 3.32. The molecule has 3 N–H and O–H groups in total. The molecule has 0 saturated heterocycles. The number of nitrogens with one attached hydrogen (secondary N) is 3. The Bertz CT molecular complexity index is 848. The maximum absolute atomic E-state index is 11.1. The number of hydrogen-bond donors (Lipinski definition) is 3. The lowest BCUT2D eigenvalue weighted by molar-refractivity contribution is -0.114. The van der Waals surface area contributed by atoms with Crippen molar-refractivity contribution >= 4 is 34.3 Å². The molecule has 3 rings (SSSR count). The van der Waals surface area contributed by atoms with Crippen LogP contribution in [0.5, 0.6) is 0 Å². The van der Waals surface area contributed by atoms with Crippen molar-refractivity contribution < 1.29 is 4.79 Å². The summed E-state index contributed by atoms with van der Waals surface area (Å²) in [5.41, 5.74) is 7.22. The number of H-pyrrole nitrogens is 1. The predicted molar refractivity (Wildman–Crippen MR) is 92.7 cm³/mol. The summed E-state index contributed by atoms with van der Waals surface area (Å²) in [6, 6.07) is 15.3. The molecule has 0 unspecified atom stereocenters. The van der Waals surface area contributed by atoms with Crippen LogP contribution in [0, 0.1) is 0 Å². The van der Waals surface area contributed by atoms with Crippen molar-refractivity contribution in [1.29, 1.82) is 0 Å². The molecule has 6 nitrogen and oxygen atoms in total. The summed E-state index contributed by atoms with van der Waals surface area (Å²) in [6.45, 7) is 3.37. The van der Waals surface area contributed by atoms with Gasteiger partial charge < -0.3 is 10.3 Å². The predicted octanol–water partition coefficient (Wildman–Crippen LogP) is 3.36. The number of fused-ring (bicyclic) bond motifs is 1. The van der Waals surface area contributed by atoms with Crippen molar-refractivity contribution in [3.05, 3.63) is 54.1 Å². The van der Waals surface area contributed by atoms with Gasteiger partial charge in [0, 0.05) is 12.6 Å². The summed E-state index contributed by atoms with van der Waals surface area (Å²) >= 11 is 0. The normalized spacial score (nSPS) is 11.5. The largest absolute Gasteiger partial charge is 0.326 e. The molecule has 0 spiro atoms. The molecule has 2 aromatic carbocycles. The number of carbonyl (C=O) groups excluding carboxylic acids is 1. The summed E-state index contributed by atoms with van der Waals surface area (Å²) in [4.78, 5) is 18.7. The van der Waals surface area contributed by atoms with Crippen LogP contribution in [-0.4, -0.2) is 21.6 Å². The second-order valence-corrected chi connectivity index (χ2v) is 5.17. The molecule has 1 heterocycles. The van der Waals surface area contributed by atoms with Crippen LogP contribution >= 0.6 is 0 Å². The average molecular weight is 307 g/mol. The van der Waals surface area contributed by atoms with Gasteiger partial charge in [0.1, 0.15) is 0 Å². The Balaban J connectivity index is 1.78. The zero-order valence-electron chi connectivity index (χ0n) is 12.9. The summed E-state index contributed by atoms with van der Waals surface area (Å²) in [6.07, 6.45) is 0. The summed E-state index contributed by atoms with van der Waals surface area (Å²) in [7, 11) is 0. The van der Waals surface area contributed by atoms with Crippen LogP contribution in [0.2, 0.25) is 0 Å². The molecular formula is C17H17N5O. The van der Waals surface area contributed by atoms with Gasteiger partial charge >= 0.3 is 0 Å². The number of rotatable bonds is 4. The number of aromatic nitrogens is 2. The topological polar surface area (TPSA) is 82.2 Å². The Labute approximate surface area is 133 Å². The van der Waals surface area contributed by atoms with Gasteiger partial charge in [0.15, 0.2) is 0 Å². The minimum absolute atomic E-state index is 0.0999. The number of para-hydroxylation sites is 2. The van der Waals surface area contributed by atoms with E-state index < -0.39 is 0 Å². The number of hydrogen-bond acceptors (Lipinski definition) is 4. The fraction of sp³-hybridized carbons (Fsp3) is 0.118. The van der Waals surface area contributed by atoms with Crippen molar-refractivity contribution in [3.63, 3.8) is 0 Å². The van der Waals surface area contributed by atoms with E-state index in [1.165, 1.54) is 6.92 Å². The highest BCUT2D eigenvalue weighted by molar-refractivity contribution is 6.00. The van der Waals surface area contributed by atoms with Crippen molar-refractivity contribution in [1.82, 2.24) is 9.97 Å². The van der Waals surface area contributed by atoms with Gasteiger partial charge in [0.05, 0.1) is 16.7 Å². The van der Waals surface area contributed by atoms with Gasteiger partial charge in [-0.25, -0.2) is 10.4 Å². The van der Waals surface area contributed by atoms with E-state index in [1.54, 1.807) is 0 Å². The van der Waals surface area contributed by atoms with Crippen molar-refractivity contribution in [2.45, 2.75) is 13.8 Å². The summed E-state index contributed by atoms with van der Waals surface area (Å²) in [5, 5.41) is 7.10. The number of anilines is 2. The van der Waals surface area contributed by atoms with Gasteiger partial charge in [-0.3, -0.25) is 4.79 Å². The molecule has 1 amide bonds. The lowest BCUT2D eigenvalue weighted by Gasteiger charge is -2.05. The lowest BCUT2D eigenvalue weighted by Crippen LogP contribution is -2.07. The molecule has 116 valence electrons. The average Bonchev–Trinajstić information content (AvgIpc) is 2.95. The number of amides is 1. The van der Waals surface area contributed by atoms with Crippen LogP contribution < -0.4 is 10.7 Å². The van der Waals surface area contributed by atoms with E-state index in [1.807, 2.05) is 55.5 Å². The fourth-order valence-electron chi connectivity index (χ4n) is 2.23. The highest BCUT2D eigenvalue weighted by Crippen LogP contribution is 2.14. The number of hydrazone groups is 1. The number of carbonyl (C=O) groups is 1. The minimum Gasteiger partial charge on any atom is -0.326 e.